The minimum absolute atomic E-state index is 0.0331. The zero-order valence-corrected chi connectivity index (χ0v) is 23.6. The number of nitrogens with zero attached hydrogens (tertiary/aromatic N) is 3. The van der Waals surface area contributed by atoms with Gasteiger partial charge in [0.2, 0.25) is 11.8 Å². The molecule has 2 fully saturated rings. The van der Waals surface area contributed by atoms with Gasteiger partial charge in [0.15, 0.2) is 0 Å². The molecule has 204 valence electrons. The molecule has 0 aromatic heterocycles. The van der Waals surface area contributed by atoms with Crippen LogP contribution in [0.4, 0.5) is 5.69 Å². The first-order valence-corrected chi connectivity index (χ1v) is 14.4. The van der Waals surface area contributed by atoms with E-state index in [4.69, 9.17) is 0 Å². The molecular formula is C34H41N3O2. The molecule has 3 atom stereocenters. The number of carbonyl (C=O) groups is 2. The molecule has 5 nitrogen and oxygen atoms in total. The molecule has 3 aliphatic rings. The van der Waals surface area contributed by atoms with Crippen molar-refractivity contribution < 1.29 is 9.59 Å². The number of imide groups is 1. The van der Waals surface area contributed by atoms with E-state index in [-0.39, 0.29) is 24.3 Å². The number of benzene rings is 2. The fourth-order valence-corrected chi connectivity index (χ4v) is 6.06. The van der Waals surface area contributed by atoms with Gasteiger partial charge in [-0.25, -0.2) is 4.90 Å². The number of hydrogen-bond donors (Lipinski definition) is 0. The molecule has 0 N–H and O–H groups in total. The molecule has 5 rings (SSSR count). The van der Waals surface area contributed by atoms with Crippen molar-refractivity contribution in [2.75, 3.05) is 37.6 Å². The van der Waals surface area contributed by atoms with Crippen molar-refractivity contribution in [2.24, 2.45) is 11.3 Å². The van der Waals surface area contributed by atoms with Gasteiger partial charge in [-0.3, -0.25) is 19.4 Å². The molecule has 0 saturated carbocycles. The summed E-state index contributed by atoms with van der Waals surface area (Å²) in [7, 11) is 0. The average molecular weight is 524 g/mol. The third kappa shape index (κ3) is 5.70. The second-order valence-corrected chi connectivity index (χ2v) is 11.5. The van der Waals surface area contributed by atoms with Gasteiger partial charge in [0.25, 0.3) is 0 Å². The van der Waals surface area contributed by atoms with Crippen LogP contribution in [-0.2, 0) is 9.59 Å². The molecule has 2 aromatic rings. The molecule has 2 aliphatic heterocycles. The highest BCUT2D eigenvalue weighted by Crippen LogP contribution is 2.42. The SMILES string of the molecule is CCC1(C)CC(=O)N(c2ccccc2C(c2ccccc2)N2CCN(C/C=C/C3=CC=CCC3C)CC2)C1=O. The Kier molecular flexibility index (Phi) is 8.29. The van der Waals surface area contributed by atoms with Gasteiger partial charge in [-0.2, -0.15) is 0 Å². The summed E-state index contributed by atoms with van der Waals surface area (Å²) in [4.78, 5) is 33.2. The molecular weight excluding hydrogens is 482 g/mol. The van der Waals surface area contributed by atoms with Crippen LogP contribution in [0.3, 0.4) is 0 Å². The lowest BCUT2D eigenvalue weighted by Gasteiger charge is -2.40. The van der Waals surface area contributed by atoms with Crippen LogP contribution in [0, 0.1) is 11.3 Å². The van der Waals surface area contributed by atoms with Crippen LogP contribution in [0.15, 0.2) is 90.6 Å². The number of para-hydroxylation sites is 1. The van der Waals surface area contributed by atoms with Gasteiger partial charge in [-0.15, -0.1) is 0 Å². The normalized spacial score (nSPS) is 25.5. The summed E-state index contributed by atoms with van der Waals surface area (Å²) in [5, 5.41) is 0. The molecule has 2 amide bonds. The van der Waals surface area contributed by atoms with Gasteiger partial charge in [0, 0.05) is 39.1 Å². The Morgan fingerprint density at radius 2 is 1.72 bits per heavy atom. The maximum atomic E-state index is 13.5. The number of piperazine rings is 1. The van der Waals surface area contributed by atoms with Crippen LogP contribution in [0.2, 0.25) is 0 Å². The summed E-state index contributed by atoms with van der Waals surface area (Å²) in [6, 6.07) is 18.5. The van der Waals surface area contributed by atoms with Gasteiger partial charge in [-0.05, 0) is 41.5 Å². The van der Waals surface area contributed by atoms with E-state index in [9.17, 15) is 9.59 Å². The number of rotatable bonds is 8. The van der Waals surface area contributed by atoms with E-state index in [2.05, 4.69) is 77.4 Å². The van der Waals surface area contributed by atoms with Crippen molar-refractivity contribution in [3.63, 3.8) is 0 Å². The standard InChI is InChI=1S/C34H41N3O2/c1-4-34(3)25-31(38)37(33(34)39)30-19-11-10-18-29(30)32(28-15-6-5-7-16-28)36-23-21-35(22-24-36)20-12-17-27-14-9-8-13-26(27)2/h5-12,14-19,26,32H,4,13,20-25H2,1-3H3/b17-12+. The van der Waals surface area contributed by atoms with E-state index >= 15 is 0 Å². The zero-order valence-electron chi connectivity index (χ0n) is 23.6. The van der Waals surface area contributed by atoms with E-state index in [0.29, 0.717) is 12.3 Å². The Balaban J connectivity index is 1.37. The molecule has 39 heavy (non-hydrogen) atoms. The predicted octanol–water partition coefficient (Wildman–Crippen LogP) is 6.15. The van der Waals surface area contributed by atoms with Crippen molar-refractivity contribution in [1.29, 1.82) is 0 Å². The van der Waals surface area contributed by atoms with Gasteiger partial charge in [0.1, 0.15) is 0 Å². The molecule has 5 heteroatoms. The fraction of sp³-hybridized carbons (Fsp3) is 0.412. The first-order chi connectivity index (χ1) is 18.9. The van der Waals surface area contributed by atoms with Crippen molar-refractivity contribution >= 4 is 17.5 Å². The average Bonchev–Trinajstić information content (AvgIpc) is 3.19. The maximum absolute atomic E-state index is 13.5. The smallest absolute Gasteiger partial charge is 0.240 e. The molecule has 1 aliphatic carbocycles. The lowest BCUT2D eigenvalue weighted by atomic mass is 9.86. The summed E-state index contributed by atoms with van der Waals surface area (Å²) in [5.41, 5.74) is 3.70. The number of allylic oxidation sites excluding steroid dienone is 5. The van der Waals surface area contributed by atoms with Gasteiger partial charge in [-0.1, -0.05) is 99.7 Å². The number of carbonyl (C=O) groups excluding carboxylic acids is 2. The first-order valence-electron chi connectivity index (χ1n) is 14.4. The second-order valence-electron chi connectivity index (χ2n) is 11.5. The maximum Gasteiger partial charge on any atom is 0.240 e. The Labute approximate surface area is 233 Å². The molecule has 0 spiro atoms. The minimum atomic E-state index is -0.632. The summed E-state index contributed by atoms with van der Waals surface area (Å²) >= 11 is 0. The van der Waals surface area contributed by atoms with Crippen molar-refractivity contribution in [3.8, 4) is 0 Å². The monoisotopic (exact) mass is 523 g/mol. The highest BCUT2D eigenvalue weighted by molar-refractivity contribution is 6.22. The van der Waals surface area contributed by atoms with E-state index in [1.807, 2.05) is 38.1 Å². The Morgan fingerprint density at radius 3 is 2.41 bits per heavy atom. The minimum Gasteiger partial charge on any atom is -0.297 e. The summed E-state index contributed by atoms with van der Waals surface area (Å²) in [5.74, 6) is 0.404. The largest absolute Gasteiger partial charge is 0.297 e. The molecule has 2 saturated heterocycles. The Hall–Kier alpha value is -3.28. The van der Waals surface area contributed by atoms with Crippen molar-refractivity contribution in [3.05, 3.63) is 102 Å². The van der Waals surface area contributed by atoms with Crippen molar-refractivity contribution in [2.45, 2.75) is 46.1 Å². The molecule has 0 bridgehead atoms. The summed E-state index contributed by atoms with van der Waals surface area (Å²) in [6.07, 6.45) is 13.3. The van der Waals surface area contributed by atoms with Crippen LogP contribution in [0.1, 0.15) is 57.2 Å². The van der Waals surface area contributed by atoms with Crippen LogP contribution >= 0.6 is 0 Å². The van der Waals surface area contributed by atoms with E-state index in [0.717, 1.165) is 50.4 Å². The fourth-order valence-electron chi connectivity index (χ4n) is 6.06. The third-order valence-corrected chi connectivity index (χ3v) is 8.81. The quantitative estimate of drug-likeness (QED) is 0.389. The first kappa shape index (κ1) is 27.3. The Morgan fingerprint density at radius 1 is 1.00 bits per heavy atom. The molecule has 2 aromatic carbocycles. The van der Waals surface area contributed by atoms with Gasteiger partial charge >= 0.3 is 0 Å². The van der Waals surface area contributed by atoms with Crippen LogP contribution < -0.4 is 4.90 Å². The van der Waals surface area contributed by atoms with Crippen LogP contribution in [0.5, 0.6) is 0 Å². The summed E-state index contributed by atoms with van der Waals surface area (Å²) < 4.78 is 0. The highest BCUT2D eigenvalue weighted by Gasteiger charge is 2.48. The number of hydrogen-bond acceptors (Lipinski definition) is 4. The Bertz CT molecular complexity index is 1270. The highest BCUT2D eigenvalue weighted by atomic mass is 16.2. The molecule has 0 radical (unpaired) electrons. The number of anilines is 1. The summed E-state index contributed by atoms with van der Waals surface area (Å²) in [6.45, 7) is 10.9. The second kappa shape index (κ2) is 11.8. The number of amides is 2. The van der Waals surface area contributed by atoms with Gasteiger partial charge in [0.05, 0.1) is 17.1 Å². The van der Waals surface area contributed by atoms with E-state index < -0.39 is 5.41 Å². The lowest BCUT2D eigenvalue weighted by molar-refractivity contribution is -0.125. The molecule has 3 unspecified atom stereocenters. The van der Waals surface area contributed by atoms with E-state index in [1.54, 1.807) is 0 Å². The predicted molar refractivity (Wildman–Crippen MR) is 158 cm³/mol. The lowest BCUT2D eigenvalue weighted by Crippen LogP contribution is -2.48. The topological polar surface area (TPSA) is 43.9 Å². The van der Waals surface area contributed by atoms with Crippen molar-refractivity contribution in [1.82, 2.24) is 9.80 Å². The van der Waals surface area contributed by atoms with E-state index in [1.165, 1.54) is 16.0 Å². The van der Waals surface area contributed by atoms with Crippen LogP contribution in [0.25, 0.3) is 0 Å². The molecule has 2 heterocycles. The van der Waals surface area contributed by atoms with Crippen LogP contribution in [-0.4, -0.2) is 54.3 Å². The van der Waals surface area contributed by atoms with Gasteiger partial charge < -0.3 is 0 Å². The zero-order chi connectivity index (χ0) is 27.4. The third-order valence-electron chi connectivity index (χ3n) is 8.81.